The van der Waals surface area contributed by atoms with Gasteiger partial charge in [0.1, 0.15) is 0 Å². The van der Waals surface area contributed by atoms with Crippen molar-refractivity contribution in [1.29, 1.82) is 0 Å². The van der Waals surface area contributed by atoms with E-state index in [0.29, 0.717) is 0 Å². The molecule has 4 nitrogen and oxygen atoms in total. The molecule has 4 heteroatoms. The van der Waals surface area contributed by atoms with Crippen LogP contribution in [0.3, 0.4) is 0 Å². The van der Waals surface area contributed by atoms with Crippen LogP contribution in [-0.2, 0) is 10.8 Å². The normalized spacial score (nSPS) is 13.2. The van der Waals surface area contributed by atoms with Crippen molar-refractivity contribution >= 4 is 83.8 Å². The Morgan fingerprint density at radius 1 is 0.278 bits per heavy atom. The minimum absolute atomic E-state index is 0.180. The number of benzene rings is 14. The van der Waals surface area contributed by atoms with E-state index in [1.54, 1.807) is 0 Å². The highest BCUT2D eigenvalue weighted by Gasteiger charge is 2.37. The minimum Gasteiger partial charge on any atom is -0.310 e. The molecule has 97 heavy (non-hydrogen) atoms. The fourth-order valence-electron chi connectivity index (χ4n) is 16.1. The fraction of sp³-hybridized carbons (Fsp3) is 0.0753. The van der Waals surface area contributed by atoms with Crippen molar-refractivity contribution in [2.45, 2.75) is 45.4 Å². The lowest BCUT2D eigenvalue weighted by molar-refractivity contribution is 0.660. The van der Waals surface area contributed by atoms with Crippen molar-refractivity contribution in [2.24, 2.45) is 0 Å². The maximum atomic E-state index is 4.02. The summed E-state index contributed by atoms with van der Waals surface area (Å²) in [5, 5.41) is 4.79. The summed E-state index contributed by atoms with van der Waals surface area (Å²) in [5.74, 6) is 0. The molecule has 2 aliphatic rings. The highest BCUT2D eigenvalue weighted by atomic mass is 15.2. The van der Waals surface area contributed by atoms with Crippen LogP contribution in [0.15, 0.2) is 322 Å². The summed E-state index contributed by atoms with van der Waals surface area (Å²) in [5.41, 5.74) is 33.1. The van der Waals surface area contributed by atoms with Crippen molar-refractivity contribution < 1.29 is 0 Å². The topological polar surface area (TPSA) is 16.3 Å². The van der Waals surface area contributed by atoms with Crippen LogP contribution in [0, 0.1) is 6.92 Å². The Kier molecular flexibility index (Phi) is 13.3. The molecule has 0 bridgehead atoms. The Morgan fingerprint density at radius 3 is 1.01 bits per heavy atom. The molecule has 16 aromatic rings. The smallest absolute Gasteiger partial charge is 0.0542 e. The monoisotopic (exact) mass is 1240 g/mol. The molecular weight excluding hydrogens is 1170 g/mol. The highest BCUT2D eigenvalue weighted by molar-refractivity contribution is 6.13. The maximum absolute atomic E-state index is 4.02. The average Bonchev–Trinajstić information content (AvgIpc) is 1.60. The number of para-hydroxylation sites is 2. The van der Waals surface area contributed by atoms with Gasteiger partial charge in [0.25, 0.3) is 0 Å². The van der Waals surface area contributed by atoms with Gasteiger partial charge in [0.2, 0.25) is 0 Å². The summed E-state index contributed by atoms with van der Waals surface area (Å²) < 4.78 is 4.83. The number of aryl methyl sites for hydroxylation is 1. The van der Waals surface area contributed by atoms with E-state index in [4.69, 9.17) is 0 Å². The van der Waals surface area contributed by atoms with E-state index in [2.05, 4.69) is 376 Å². The van der Waals surface area contributed by atoms with Gasteiger partial charge in [-0.05, 0) is 224 Å². The molecule has 2 heterocycles. The van der Waals surface area contributed by atoms with Gasteiger partial charge in [-0.1, -0.05) is 228 Å². The number of hydrogen-bond acceptors (Lipinski definition) is 2. The van der Waals surface area contributed by atoms with Crippen LogP contribution in [-0.4, -0.2) is 9.13 Å². The molecule has 0 spiro atoms. The zero-order valence-corrected chi connectivity index (χ0v) is 55.1. The first-order valence-corrected chi connectivity index (χ1v) is 33.8. The Morgan fingerprint density at radius 2 is 0.588 bits per heavy atom. The Balaban J connectivity index is 0.764. The number of nitrogens with zero attached hydrogens (tertiary/aromatic N) is 4. The van der Waals surface area contributed by atoms with E-state index in [1.165, 1.54) is 99.4 Å². The standard InChI is InChI=1S/C93H70N4/c1-7-61-28-32-65(33-29-61)67-39-51-89-81(55-67)83-57-73(47-53-91(83)97(89)69-20-12-9-13-21-69)95(75-45-49-79-77-23-15-17-25-85(77)93(5,6)87(79)59-75)71-42-36-63(37-43-71)62-34-40-70(41-35-62)94(74-44-48-78-76-22-14-16-24-84(76)92(3,4)86(78)58-74)72-46-52-90-82(56-72)80-54-66(64-30-26-60(2)27-31-64)38-50-88(80)96(90)68-18-10-8-11-19-68/h7-59H,1H2,2-6H3. The van der Waals surface area contributed by atoms with Crippen molar-refractivity contribution in [3.8, 4) is 67.0 Å². The Labute approximate surface area is 567 Å². The lowest BCUT2D eigenvalue weighted by atomic mass is 9.82. The highest BCUT2D eigenvalue weighted by Crippen LogP contribution is 2.54. The van der Waals surface area contributed by atoms with E-state index < -0.39 is 0 Å². The first-order valence-electron chi connectivity index (χ1n) is 33.8. The van der Waals surface area contributed by atoms with Crippen LogP contribution in [0.5, 0.6) is 0 Å². The van der Waals surface area contributed by atoms with Gasteiger partial charge in [0, 0.05) is 77.9 Å². The van der Waals surface area contributed by atoms with Crippen LogP contribution < -0.4 is 9.80 Å². The zero-order valence-electron chi connectivity index (χ0n) is 55.1. The third-order valence-electron chi connectivity index (χ3n) is 21.1. The number of rotatable bonds is 12. The predicted octanol–water partition coefficient (Wildman–Crippen LogP) is 25.4. The molecule has 0 amide bonds. The lowest BCUT2D eigenvalue weighted by Gasteiger charge is -2.29. The predicted molar refractivity (Wildman–Crippen MR) is 411 cm³/mol. The number of hydrogen-bond donors (Lipinski definition) is 0. The number of anilines is 6. The van der Waals surface area contributed by atoms with E-state index in [0.717, 1.165) is 78.7 Å². The second kappa shape index (κ2) is 22.3. The summed E-state index contributed by atoms with van der Waals surface area (Å²) in [4.78, 5) is 4.92. The van der Waals surface area contributed by atoms with Crippen LogP contribution in [0.2, 0.25) is 0 Å². The summed E-state index contributed by atoms with van der Waals surface area (Å²) in [7, 11) is 0. The first kappa shape index (κ1) is 57.7. The molecule has 0 atom stereocenters. The second-order valence-corrected chi connectivity index (χ2v) is 27.5. The molecule has 462 valence electrons. The van der Waals surface area contributed by atoms with Crippen molar-refractivity contribution in [3.63, 3.8) is 0 Å². The molecule has 2 aromatic heterocycles. The Bertz CT molecular complexity index is 5810. The van der Waals surface area contributed by atoms with Crippen LogP contribution in [0.1, 0.15) is 61.1 Å². The summed E-state index contributed by atoms with van der Waals surface area (Å²) in [6.45, 7) is 15.7. The van der Waals surface area contributed by atoms with Crippen molar-refractivity contribution in [3.05, 3.63) is 355 Å². The molecule has 0 unspecified atom stereocenters. The van der Waals surface area contributed by atoms with Crippen LogP contribution in [0.25, 0.3) is 117 Å². The molecule has 0 saturated heterocycles. The van der Waals surface area contributed by atoms with Gasteiger partial charge in [0.05, 0.1) is 22.1 Å². The Hall–Kier alpha value is -12.0. The molecular formula is C93H70N4. The third-order valence-corrected chi connectivity index (χ3v) is 21.1. The van der Waals surface area contributed by atoms with Crippen LogP contribution >= 0.6 is 0 Å². The van der Waals surface area contributed by atoms with Gasteiger partial charge < -0.3 is 18.9 Å². The molecule has 18 rings (SSSR count). The van der Waals surface area contributed by atoms with Crippen molar-refractivity contribution in [1.82, 2.24) is 9.13 Å². The van der Waals surface area contributed by atoms with Gasteiger partial charge in [0.15, 0.2) is 0 Å². The summed E-state index contributed by atoms with van der Waals surface area (Å²) in [6.07, 6.45) is 1.90. The zero-order chi connectivity index (χ0) is 65.3. The third kappa shape index (κ3) is 9.34. The molecule has 14 aromatic carbocycles. The summed E-state index contributed by atoms with van der Waals surface area (Å²) >= 11 is 0. The van der Waals surface area contributed by atoms with Crippen molar-refractivity contribution in [2.75, 3.05) is 9.80 Å². The molecule has 0 N–H and O–H groups in total. The minimum atomic E-state index is -0.184. The largest absolute Gasteiger partial charge is 0.310 e. The lowest BCUT2D eigenvalue weighted by Crippen LogP contribution is -2.16. The van der Waals surface area contributed by atoms with E-state index in [-0.39, 0.29) is 10.8 Å². The molecule has 2 aliphatic carbocycles. The molecule has 0 saturated carbocycles. The number of fused-ring (bicyclic) bond motifs is 12. The van der Waals surface area contributed by atoms with Gasteiger partial charge in [-0.2, -0.15) is 0 Å². The van der Waals surface area contributed by atoms with E-state index >= 15 is 0 Å². The number of aromatic nitrogens is 2. The fourth-order valence-corrected chi connectivity index (χ4v) is 16.1. The van der Waals surface area contributed by atoms with E-state index in [9.17, 15) is 0 Å². The quantitative estimate of drug-likeness (QED) is 0.121. The van der Waals surface area contributed by atoms with Crippen LogP contribution in [0.4, 0.5) is 34.1 Å². The second-order valence-electron chi connectivity index (χ2n) is 27.5. The molecule has 0 radical (unpaired) electrons. The SMILES string of the molecule is C=Cc1ccc(-c2ccc3c(c2)c2cc(N(c4ccc(-c5ccc(N(c6ccc7c(c6)C(C)(C)c6ccccc6-7)c6ccc7c(c6)c6cc(-c8ccc(C)cc8)ccc6n7-c6ccccc6)cc5)cc4)c4ccc5c(c4)C(C)(C)c4ccccc4-5)ccc2n3-c2ccccc2)cc1. The first-order chi connectivity index (χ1) is 47.4. The summed E-state index contributed by atoms with van der Waals surface area (Å²) in [6, 6.07) is 118. The van der Waals surface area contributed by atoms with Gasteiger partial charge >= 0.3 is 0 Å². The molecule has 0 fully saturated rings. The van der Waals surface area contributed by atoms with Gasteiger partial charge in [-0.3, -0.25) is 0 Å². The van der Waals surface area contributed by atoms with E-state index in [1.807, 2.05) is 6.08 Å². The molecule has 0 aliphatic heterocycles. The van der Waals surface area contributed by atoms with Gasteiger partial charge in [-0.25, -0.2) is 0 Å². The van der Waals surface area contributed by atoms with Gasteiger partial charge in [-0.15, -0.1) is 0 Å². The average molecular weight is 1240 g/mol. The maximum Gasteiger partial charge on any atom is 0.0542 e.